The average Bonchev–Trinajstić information content (AvgIpc) is 3.61. The molecule has 0 fully saturated rings. The maximum absolute atomic E-state index is 13.5. The number of nitrogens with zero attached hydrogens (tertiary/aromatic N) is 3. The van der Waals surface area contributed by atoms with Crippen molar-refractivity contribution < 1.29 is 18.7 Å². The molecule has 2 atom stereocenters. The molecule has 0 radical (unpaired) electrons. The number of carbonyl (C=O) groups is 2. The Morgan fingerprint density at radius 2 is 1.89 bits per heavy atom. The van der Waals surface area contributed by atoms with E-state index in [0.29, 0.717) is 28.7 Å². The number of halogens is 1. The van der Waals surface area contributed by atoms with E-state index in [4.69, 9.17) is 25.7 Å². The fourth-order valence-electron chi connectivity index (χ4n) is 5.32. The Bertz CT molecular complexity index is 1550. The van der Waals surface area contributed by atoms with Gasteiger partial charge in [0.25, 0.3) is 5.91 Å². The summed E-state index contributed by atoms with van der Waals surface area (Å²) in [6, 6.07) is 18.0. The van der Waals surface area contributed by atoms with Crippen LogP contribution in [0.25, 0.3) is 10.9 Å². The molecule has 3 heterocycles. The predicted molar refractivity (Wildman–Crippen MR) is 144 cm³/mol. The Labute approximate surface area is 225 Å². The van der Waals surface area contributed by atoms with Gasteiger partial charge in [-0.2, -0.15) is 5.10 Å². The minimum absolute atomic E-state index is 0.427. The lowest BCUT2D eigenvalue weighted by molar-refractivity contribution is -0.136. The number of carbonyl (C=O) groups excluding carboxylic acids is 2. The smallest absolute Gasteiger partial charge is 0.339 e. The van der Waals surface area contributed by atoms with Crippen molar-refractivity contribution in [1.29, 1.82) is 0 Å². The summed E-state index contributed by atoms with van der Waals surface area (Å²) in [6.07, 6.45) is 4.64. The number of aromatic nitrogens is 1. The SMILES string of the molecule is C[C@H]1CCc2nc3ccccc3c(C(=O)OCC(=O)N3N=C(c4ccc(Cl)cc4)C[C@@H]3c3ccco3)c2C1. The second kappa shape index (κ2) is 10.1. The van der Waals surface area contributed by atoms with Crippen LogP contribution in [0, 0.1) is 5.92 Å². The summed E-state index contributed by atoms with van der Waals surface area (Å²) in [5, 5.41) is 7.33. The van der Waals surface area contributed by atoms with E-state index in [1.165, 1.54) is 5.01 Å². The van der Waals surface area contributed by atoms with Gasteiger partial charge in [-0.15, -0.1) is 0 Å². The standard InChI is InChI=1S/C30H26ClN3O4/c1-18-8-13-24-22(15-18)29(21-5-2-3-6-23(21)32-24)30(36)38-17-28(35)34-26(27-7-4-14-37-27)16-25(33-34)19-9-11-20(31)12-10-19/h2-7,9-12,14,18,26H,8,13,15-17H2,1H3/t18-,26+/m0/s1. The van der Waals surface area contributed by atoms with Crippen LogP contribution >= 0.6 is 11.6 Å². The first kappa shape index (κ1) is 24.4. The Morgan fingerprint density at radius 3 is 2.68 bits per heavy atom. The van der Waals surface area contributed by atoms with Crippen LogP contribution in [-0.2, 0) is 22.4 Å². The number of pyridine rings is 1. The number of aryl methyl sites for hydroxylation is 1. The summed E-state index contributed by atoms with van der Waals surface area (Å²) in [4.78, 5) is 31.7. The van der Waals surface area contributed by atoms with Crippen LogP contribution in [0.5, 0.6) is 0 Å². The summed E-state index contributed by atoms with van der Waals surface area (Å²) >= 11 is 6.05. The summed E-state index contributed by atoms with van der Waals surface area (Å²) < 4.78 is 11.3. The van der Waals surface area contributed by atoms with Crippen molar-refractivity contribution >= 4 is 40.1 Å². The van der Waals surface area contributed by atoms with E-state index in [9.17, 15) is 9.59 Å². The van der Waals surface area contributed by atoms with Gasteiger partial charge in [0.05, 0.1) is 23.1 Å². The second-order valence-corrected chi connectivity index (χ2v) is 10.3. The monoisotopic (exact) mass is 527 g/mol. The third-order valence-electron chi connectivity index (χ3n) is 7.25. The number of ether oxygens (including phenoxy) is 1. The van der Waals surface area contributed by atoms with Gasteiger partial charge in [0.15, 0.2) is 6.61 Å². The Balaban J connectivity index is 1.27. The van der Waals surface area contributed by atoms with E-state index in [1.807, 2.05) is 42.5 Å². The van der Waals surface area contributed by atoms with Gasteiger partial charge in [0.2, 0.25) is 0 Å². The lowest BCUT2D eigenvalue weighted by atomic mass is 9.84. The number of rotatable bonds is 5. The van der Waals surface area contributed by atoms with Gasteiger partial charge in [0.1, 0.15) is 11.8 Å². The van der Waals surface area contributed by atoms with E-state index in [0.717, 1.165) is 52.7 Å². The molecule has 0 saturated heterocycles. The molecule has 192 valence electrons. The molecule has 4 aromatic rings. The number of benzene rings is 2. The van der Waals surface area contributed by atoms with Gasteiger partial charge < -0.3 is 9.15 Å². The minimum Gasteiger partial charge on any atom is -0.467 e. The van der Waals surface area contributed by atoms with Gasteiger partial charge >= 0.3 is 5.97 Å². The molecular weight excluding hydrogens is 502 g/mol. The molecule has 0 bridgehead atoms. The molecule has 8 heteroatoms. The van der Waals surface area contributed by atoms with Crippen molar-refractivity contribution in [3.8, 4) is 0 Å². The fourth-order valence-corrected chi connectivity index (χ4v) is 5.45. The number of para-hydroxylation sites is 1. The predicted octanol–water partition coefficient (Wildman–Crippen LogP) is 6.14. The molecule has 6 rings (SSSR count). The van der Waals surface area contributed by atoms with Crippen molar-refractivity contribution in [2.45, 2.75) is 38.6 Å². The lowest BCUT2D eigenvalue weighted by Gasteiger charge is -2.24. The summed E-state index contributed by atoms with van der Waals surface area (Å²) in [5.41, 5.74) is 4.73. The number of esters is 1. The van der Waals surface area contributed by atoms with Crippen LogP contribution in [0.3, 0.4) is 0 Å². The molecule has 38 heavy (non-hydrogen) atoms. The Morgan fingerprint density at radius 1 is 1.08 bits per heavy atom. The van der Waals surface area contributed by atoms with E-state index in [1.54, 1.807) is 24.5 Å². The zero-order chi connectivity index (χ0) is 26.2. The van der Waals surface area contributed by atoms with Gasteiger partial charge in [-0.25, -0.2) is 9.80 Å². The fraction of sp³-hybridized carbons (Fsp3) is 0.267. The van der Waals surface area contributed by atoms with E-state index in [-0.39, 0.29) is 0 Å². The minimum atomic E-state index is -0.516. The van der Waals surface area contributed by atoms with E-state index in [2.05, 4.69) is 12.0 Å². The highest BCUT2D eigenvalue weighted by atomic mass is 35.5. The number of furan rings is 1. The maximum Gasteiger partial charge on any atom is 0.339 e. The molecule has 1 aliphatic heterocycles. The summed E-state index contributed by atoms with van der Waals surface area (Å²) in [6.45, 7) is 1.74. The van der Waals surface area contributed by atoms with Crippen LogP contribution in [0.4, 0.5) is 0 Å². The van der Waals surface area contributed by atoms with Crippen molar-refractivity contribution in [2.24, 2.45) is 11.0 Å². The number of hydrogen-bond donors (Lipinski definition) is 0. The normalized spacial score (nSPS) is 18.8. The maximum atomic E-state index is 13.5. The summed E-state index contributed by atoms with van der Waals surface area (Å²) in [7, 11) is 0. The van der Waals surface area contributed by atoms with Gasteiger partial charge in [0, 0.05) is 22.5 Å². The second-order valence-electron chi connectivity index (χ2n) is 9.88. The van der Waals surface area contributed by atoms with Crippen molar-refractivity contribution in [1.82, 2.24) is 9.99 Å². The first-order chi connectivity index (χ1) is 18.5. The Hall–Kier alpha value is -3.97. The molecule has 0 spiro atoms. The zero-order valence-corrected chi connectivity index (χ0v) is 21.6. The highest BCUT2D eigenvalue weighted by molar-refractivity contribution is 6.30. The van der Waals surface area contributed by atoms with Gasteiger partial charge in [-0.1, -0.05) is 48.9 Å². The zero-order valence-electron chi connectivity index (χ0n) is 20.9. The third-order valence-corrected chi connectivity index (χ3v) is 7.50. The molecule has 0 N–H and O–H groups in total. The molecule has 0 saturated carbocycles. The largest absolute Gasteiger partial charge is 0.467 e. The van der Waals surface area contributed by atoms with Gasteiger partial charge in [-0.3, -0.25) is 9.78 Å². The van der Waals surface area contributed by atoms with Crippen LogP contribution in [0.2, 0.25) is 5.02 Å². The number of hydrazone groups is 1. The first-order valence-corrected chi connectivity index (χ1v) is 13.1. The lowest BCUT2D eigenvalue weighted by Crippen LogP contribution is -2.31. The highest BCUT2D eigenvalue weighted by Gasteiger charge is 2.35. The molecular formula is C30H26ClN3O4. The van der Waals surface area contributed by atoms with Crippen LogP contribution in [0.15, 0.2) is 76.4 Å². The molecule has 2 aliphatic rings. The Kier molecular flexibility index (Phi) is 6.45. The van der Waals surface area contributed by atoms with Crippen molar-refractivity contribution in [2.75, 3.05) is 6.61 Å². The molecule has 1 amide bonds. The number of hydrogen-bond acceptors (Lipinski definition) is 6. The van der Waals surface area contributed by atoms with Crippen molar-refractivity contribution in [3.05, 3.63) is 100 Å². The highest BCUT2D eigenvalue weighted by Crippen LogP contribution is 2.34. The van der Waals surface area contributed by atoms with E-state index < -0.39 is 24.5 Å². The molecule has 7 nitrogen and oxygen atoms in total. The quantitative estimate of drug-likeness (QED) is 0.291. The van der Waals surface area contributed by atoms with Crippen molar-refractivity contribution in [3.63, 3.8) is 0 Å². The molecule has 0 unspecified atom stereocenters. The average molecular weight is 528 g/mol. The van der Waals surface area contributed by atoms with Gasteiger partial charge in [-0.05, 0) is 66.6 Å². The number of amides is 1. The van der Waals surface area contributed by atoms with E-state index >= 15 is 0 Å². The topological polar surface area (TPSA) is 85.0 Å². The molecule has 1 aliphatic carbocycles. The van der Waals surface area contributed by atoms with Crippen LogP contribution in [-0.4, -0.2) is 34.2 Å². The molecule has 2 aromatic carbocycles. The van der Waals surface area contributed by atoms with Crippen LogP contribution in [0.1, 0.15) is 58.7 Å². The first-order valence-electron chi connectivity index (χ1n) is 12.7. The van der Waals surface area contributed by atoms with Crippen LogP contribution < -0.4 is 0 Å². The third kappa shape index (κ3) is 4.58. The number of fused-ring (bicyclic) bond motifs is 2. The molecule has 2 aromatic heterocycles. The summed E-state index contributed by atoms with van der Waals surface area (Å²) in [5.74, 6) is 0.112.